The molecule has 0 N–H and O–H groups in total. The maximum Gasteiger partial charge on any atom is 0.118 e. The van der Waals surface area contributed by atoms with E-state index in [1.54, 1.807) is 7.11 Å². The molecule has 0 unspecified atom stereocenters. The van der Waals surface area contributed by atoms with Crippen molar-refractivity contribution in [3.63, 3.8) is 0 Å². The maximum atomic E-state index is 5.90. The first-order valence-corrected chi connectivity index (χ1v) is 7.30. The molecule has 2 aliphatic rings. The lowest BCUT2D eigenvalue weighted by Gasteiger charge is -2.33. The van der Waals surface area contributed by atoms with E-state index in [0.717, 1.165) is 37.8 Å². The fourth-order valence-corrected chi connectivity index (χ4v) is 2.76. The summed E-state index contributed by atoms with van der Waals surface area (Å²) in [6.45, 7) is 4.36. The van der Waals surface area contributed by atoms with E-state index in [9.17, 15) is 0 Å². The second-order valence-corrected chi connectivity index (χ2v) is 5.75. The highest BCUT2D eigenvalue weighted by atomic mass is 16.5. The molecule has 1 atom stereocenters. The molecule has 3 rings (SSSR count). The summed E-state index contributed by atoms with van der Waals surface area (Å²) >= 11 is 0. The van der Waals surface area contributed by atoms with Crippen molar-refractivity contribution in [1.29, 1.82) is 0 Å². The fraction of sp³-hybridized carbons (Fsp3) is 0.625. The molecule has 1 aromatic carbocycles. The van der Waals surface area contributed by atoms with E-state index in [1.807, 2.05) is 12.1 Å². The van der Waals surface area contributed by atoms with Gasteiger partial charge in [0.05, 0.1) is 19.8 Å². The van der Waals surface area contributed by atoms with Crippen molar-refractivity contribution >= 4 is 0 Å². The number of hydrogen-bond donors (Lipinski definition) is 0. The van der Waals surface area contributed by atoms with Crippen LogP contribution in [0.5, 0.6) is 5.75 Å². The Labute approximate surface area is 115 Å². The Morgan fingerprint density at radius 1 is 1.26 bits per heavy atom. The zero-order valence-corrected chi connectivity index (χ0v) is 11.7. The summed E-state index contributed by atoms with van der Waals surface area (Å²) in [7, 11) is 1.70. The number of morpholine rings is 1. The molecule has 1 aromatic rings. The predicted molar refractivity (Wildman–Crippen MR) is 75.6 cm³/mol. The molecule has 0 amide bonds. The standard InChI is InChI=1S/C16H23NO2/c1-18-15-6-4-13(5-7-15)10-16-12-17(8-9-19-16)11-14-2-3-14/h4-7,14,16H,2-3,8-12H2,1H3/t16-/m0/s1. The quantitative estimate of drug-likeness (QED) is 0.812. The SMILES string of the molecule is COc1ccc(C[C@H]2CN(CC3CC3)CCO2)cc1. The maximum absolute atomic E-state index is 5.90. The van der Waals surface area contributed by atoms with Crippen molar-refractivity contribution in [2.24, 2.45) is 5.92 Å². The van der Waals surface area contributed by atoms with Gasteiger partial charge in [0, 0.05) is 19.6 Å². The highest BCUT2D eigenvalue weighted by Gasteiger charge is 2.27. The molecular weight excluding hydrogens is 238 g/mol. The molecule has 1 heterocycles. The van der Waals surface area contributed by atoms with Crippen molar-refractivity contribution in [2.75, 3.05) is 33.4 Å². The van der Waals surface area contributed by atoms with Gasteiger partial charge in [-0.05, 0) is 42.9 Å². The van der Waals surface area contributed by atoms with Gasteiger partial charge in [0.15, 0.2) is 0 Å². The molecule has 0 radical (unpaired) electrons. The van der Waals surface area contributed by atoms with Gasteiger partial charge in [0.25, 0.3) is 0 Å². The summed E-state index contributed by atoms with van der Waals surface area (Å²) in [6, 6.07) is 8.34. The van der Waals surface area contributed by atoms with Crippen LogP contribution in [0, 0.1) is 5.92 Å². The van der Waals surface area contributed by atoms with Crippen LogP contribution in [0.2, 0.25) is 0 Å². The van der Waals surface area contributed by atoms with Crippen LogP contribution >= 0.6 is 0 Å². The van der Waals surface area contributed by atoms with Gasteiger partial charge in [0.1, 0.15) is 5.75 Å². The summed E-state index contributed by atoms with van der Waals surface area (Å²) < 4.78 is 11.1. The molecule has 1 aliphatic heterocycles. The first-order valence-electron chi connectivity index (χ1n) is 7.30. The highest BCUT2D eigenvalue weighted by Crippen LogP contribution is 2.30. The molecule has 0 spiro atoms. The van der Waals surface area contributed by atoms with E-state index in [-0.39, 0.29) is 0 Å². The van der Waals surface area contributed by atoms with Gasteiger partial charge in [-0.3, -0.25) is 4.90 Å². The third-order valence-corrected chi connectivity index (χ3v) is 4.06. The number of ether oxygens (including phenoxy) is 2. The molecule has 0 aromatic heterocycles. The van der Waals surface area contributed by atoms with Gasteiger partial charge in [-0.1, -0.05) is 12.1 Å². The Kier molecular flexibility index (Phi) is 4.04. The summed E-state index contributed by atoms with van der Waals surface area (Å²) in [5.41, 5.74) is 1.33. The van der Waals surface area contributed by atoms with E-state index in [1.165, 1.54) is 24.9 Å². The largest absolute Gasteiger partial charge is 0.497 e. The van der Waals surface area contributed by atoms with Gasteiger partial charge in [0.2, 0.25) is 0 Å². The smallest absolute Gasteiger partial charge is 0.118 e. The third kappa shape index (κ3) is 3.71. The minimum Gasteiger partial charge on any atom is -0.497 e. The second kappa shape index (κ2) is 5.93. The summed E-state index contributed by atoms with van der Waals surface area (Å²) in [5.74, 6) is 1.89. The van der Waals surface area contributed by atoms with E-state index >= 15 is 0 Å². The van der Waals surface area contributed by atoms with Gasteiger partial charge in [-0.25, -0.2) is 0 Å². The number of benzene rings is 1. The van der Waals surface area contributed by atoms with Crippen LogP contribution in [-0.2, 0) is 11.2 Å². The molecule has 1 saturated carbocycles. The monoisotopic (exact) mass is 261 g/mol. The molecule has 2 fully saturated rings. The van der Waals surface area contributed by atoms with Crippen LogP contribution in [0.4, 0.5) is 0 Å². The first kappa shape index (κ1) is 12.9. The molecule has 19 heavy (non-hydrogen) atoms. The fourth-order valence-electron chi connectivity index (χ4n) is 2.76. The second-order valence-electron chi connectivity index (χ2n) is 5.75. The molecule has 3 nitrogen and oxygen atoms in total. The van der Waals surface area contributed by atoms with Crippen molar-refractivity contribution in [3.8, 4) is 5.75 Å². The number of rotatable bonds is 5. The van der Waals surface area contributed by atoms with Crippen molar-refractivity contribution in [3.05, 3.63) is 29.8 Å². The Bertz CT molecular complexity index is 400. The Morgan fingerprint density at radius 2 is 2.05 bits per heavy atom. The van der Waals surface area contributed by atoms with Crippen LogP contribution in [0.3, 0.4) is 0 Å². The van der Waals surface area contributed by atoms with E-state index in [0.29, 0.717) is 6.10 Å². The summed E-state index contributed by atoms with van der Waals surface area (Å²) in [4.78, 5) is 2.58. The van der Waals surface area contributed by atoms with E-state index in [4.69, 9.17) is 9.47 Å². The first-order chi connectivity index (χ1) is 9.33. The normalized spacial score (nSPS) is 24.4. The lowest BCUT2D eigenvalue weighted by atomic mass is 10.1. The summed E-state index contributed by atoms with van der Waals surface area (Å²) in [5, 5.41) is 0. The predicted octanol–water partition coefficient (Wildman–Crippen LogP) is 2.35. The van der Waals surface area contributed by atoms with Gasteiger partial charge >= 0.3 is 0 Å². The van der Waals surface area contributed by atoms with Crippen LogP contribution in [0.25, 0.3) is 0 Å². The molecule has 1 aliphatic carbocycles. The third-order valence-electron chi connectivity index (χ3n) is 4.06. The zero-order valence-electron chi connectivity index (χ0n) is 11.7. The Morgan fingerprint density at radius 3 is 2.74 bits per heavy atom. The summed E-state index contributed by atoms with van der Waals surface area (Å²) in [6.07, 6.45) is 4.22. The minimum absolute atomic E-state index is 0.348. The zero-order chi connectivity index (χ0) is 13.1. The van der Waals surface area contributed by atoms with E-state index < -0.39 is 0 Å². The topological polar surface area (TPSA) is 21.7 Å². The molecule has 0 bridgehead atoms. The van der Waals surface area contributed by atoms with Crippen molar-refractivity contribution < 1.29 is 9.47 Å². The Balaban J connectivity index is 1.52. The average molecular weight is 261 g/mol. The van der Waals surface area contributed by atoms with Gasteiger partial charge < -0.3 is 9.47 Å². The molecular formula is C16H23NO2. The van der Waals surface area contributed by atoms with Gasteiger partial charge in [-0.15, -0.1) is 0 Å². The van der Waals surface area contributed by atoms with Crippen LogP contribution in [0.1, 0.15) is 18.4 Å². The molecule has 104 valence electrons. The van der Waals surface area contributed by atoms with Crippen LogP contribution in [-0.4, -0.2) is 44.4 Å². The lowest BCUT2D eigenvalue weighted by molar-refractivity contribution is -0.0289. The Hall–Kier alpha value is -1.06. The number of nitrogens with zero attached hydrogens (tertiary/aromatic N) is 1. The minimum atomic E-state index is 0.348. The lowest BCUT2D eigenvalue weighted by Crippen LogP contribution is -2.44. The number of hydrogen-bond acceptors (Lipinski definition) is 3. The number of methoxy groups -OCH3 is 1. The van der Waals surface area contributed by atoms with Gasteiger partial charge in [-0.2, -0.15) is 0 Å². The van der Waals surface area contributed by atoms with E-state index in [2.05, 4.69) is 17.0 Å². The van der Waals surface area contributed by atoms with Crippen LogP contribution in [0.15, 0.2) is 24.3 Å². The highest BCUT2D eigenvalue weighted by molar-refractivity contribution is 5.27. The van der Waals surface area contributed by atoms with Crippen LogP contribution < -0.4 is 4.74 Å². The van der Waals surface area contributed by atoms with Crippen molar-refractivity contribution in [2.45, 2.75) is 25.4 Å². The van der Waals surface area contributed by atoms with Crippen molar-refractivity contribution in [1.82, 2.24) is 4.90 Å². The molecule has 3 heteroatoms. The molecule has 1 saturated heterocycles. The average Bonchev–Trinajstić information content (AvgIpc) is 3.24.